The number of rotatable bonds is 4. The Morgan fingerprint density at radius 3 is 2.48 bits per heavy atom. The second-order valence-electron chi connectivity index (χ2n) is 5.22. The number of benzene rings is 1. The molecular weight excluding hydrogens is 288 g/mol. The molecule has 0 aliphatic heterocycles. The van der Waals surface area contributed by atoms with E-state index >= 15 is 0 Å². The smallest absolute Gasteiger partial charge is 0.243 e. The number of aryl methyl sites for hydroxylation is 2. The van der Waals surface area contributed by atoms with Gasteiger partial charge in [-0.05, 0) is 50.1 Å². The second kappa shape index (κ2) is 5.54. The minimum atomic E-state index is -3.60. The summed E-state index contributed by atoms with van der Waals surface area (Å²) in [4.78, 5) is 0.253. The lowest BCUT2D eigenvalue weighted by Gasteiger charge is -2.19. The molecule has 2 aromatic rings. The zero-order valence-corrected chi connectivity index (χ0v) is 13.5. The summed E-state index contributed by atoms with van der Waals surface area (Å²) in [5.74, 6) is 0.720. The van der Waals surface area contributed by atoms with Crippen LogP contribution in [0.25, 0.3) is 0 Å². The number of nitrogens with two attached hydrogens (primary N) is 1. The van der Waals surface area contributed by atoms with E-state index in [-0.39, 0.29) is 11.4 Å². The maximum atomic E-state index is 12.7. The van der Waals surface area contributed by atoms with Crippen LogP contribution in [0.3, 0.4) is 0 Å². The maximum absolute atomic E-state index is 12.7. The summed E-state index contributed by atoms with van der Waals surface area (Å²) < 4.78 is 32.0. The summed E-state index contributed by atoms with van der Waals surface area (Å²) in [6, 6.07) is 5.06. The van der Waals surface area contributed by atoms with Crippen molar-refractivity contribution in [3.05, 3.63) is 46.9 Å². The minimum Gasteiger partial charge on any atom is -0.469 e. The molecule has 21 heavy (non-hydrogen) atoms. The van der Waals surface area contributed by atoms with Crippen LogP contribution in [-0.2, 0) is 16.6 Å². The largest absolute Gasteiger partial charge is 0.469 e. The van der Waals surface area contributed by atoms with Crippen LogP contribution >= 0.6 is 0 Å². The molecule has 5 nitrogen and oxygen atoms in total. The van der Waals surface area contributed by atoms with Gasteiger partial charge >= 0.3 is 0 Å². The Hall–Kier alpha value is -1.79. The molecule has 0 fully saturated rings. The number of nitrogen functional groups attached to an aromatic ring is 1. The van der Waals surface area contributed by atoms with E-state index < -0.39 is 10.0 Å². The van der Waals surface area contributed by atoms with Crippen molar-refractivity contribution in [3.63, 3.8) is 0 Å². The first kappa shape index (κ1) is 15.6. The molecule has 2 N–H and O–H groups in total. The highest BCUT2D eigenvalue weighted by molar-refractivity contribution is 7.89. The Balaban J connectivity index is 2.40. The number of sulfonamides is 1. The standard InChI is InChI=1S/C15H20N2O3S/c1-10-7-14(16)8-15(11(10)2)21(18,19)17(4)9-13-5-6-20-12(13)3/h5-8H,9,16H2,1-4H3. The lowest BCUT2D eigenvalue weighted by Crippen LogP contribution is -2.27. The molecular formula is C15H20N2O3S. The van der Waals surface area contributed by atoms with E-state index in [2.05, 4.69) is 0 Å². The summed E-state index contributed by atoms with van der Waals surface area (Å²) in [6.07, 6.45) is 1.56. The number of anilines is 1. The number of nitrogens with zero attached hydrogens (tertiary/aromatic N) is 1. The monoisotopic (exact) mass is 308 g/mol. The average Bonchev–Trinajstić information content (AvgIpc) is 2.79. The van der Waals surface area contributed by atoms with E-state index in [9.17, 15) is 8.42 Å². The minimum absolute atomic E-state index is 0.253. The Kier molecular flexibility index (Phi) is 4.11. The van der Waals surface area contributed by atoms with Crippen LogP contribution in [0, 0.1) is 20.8 Å². The summed E-state index contributed by atoms with van der Waals surface area (Å²) in [5, 5.41) is 0. The molecule has 0 aliphatic carbocycles. The Bertz CT molecular complexity index is 763. The summed E-state index contributed by atoms with van der Waals surface area (Å²) in [7, 11) is -2.04. The third kappa shape index (κ3) is 2.96. The quantitative estimate of drug-likeness (QED) is 0.881. The molecule has 1 aromatic carbocycles. The van der Waals surface area contributed by atoms with E-state index in [1.54, 1.807) is 32.4 Å². The van der Waals surface area contributed by atoms with Crippen LogP contribution < -0.4 is 5.73 Å². The lowest BCUT2D eigenvalue weighted by atomic mass is 10.1. The third-order valence-corrected chi connectivity index (χ3v) is 5.62. The van der Waals surface area contributed by atoms with E-state index in [4.69, 9.17) is 10.2 Å². The van der Waals surface area contributed by atoms with Crippen molar-refractivity contribution in [2.45, 2.75) is 32.2 Å². The molecule has 0 aliphatic rings. The average molecular weight is 308 g/mol. The predicted octanol–water partition coefficient (Wildman–Crippen LogP) is 2.61. The number of hydrogen-bond acceptors (Lipinski definition) is 4. The Labute approximate surface area is 125 Å². The topological polar surface area (TPSA) is 76.5 Å². The predicted molar refractivity (Wildman–Crippen MR) is 82.4 cm³/mol. The SMILES string of the molecule is Cc1cc(N)cc(S(=O)(=O)N(C)Cc2ccoc2C)c1C. The number of hydrogen-bond donors (Lipinski definition) is 1. The Morgan fingerprint density at radius 1 is 1.24 bits per heavy atom. The van der Waals surface area contributed by atoms with Crippen LogP contribution in [0.4, 0.5) is 5.69 Å². The zero-order chi connectivity index (χ0) is 15.8. The summed E-state index contributed by atoms with van der Waals surface area (Å²) in [6.45, 7) is 5.72. The first-order valence-corrected chi connectivity index (χ1v) is 8.03. The number of furan rings is 1. The third-order valence-electron chi connectivity index (χ3n) is 3.69. The molecule has 1 aromatic heterocycles. The molecule has 0 spiro atoms. The van der Waals surface area contributed by atoms with Gasteiger partial charge in [-0.1, -0.05) is 0 Å². The van der Waals surface area contributed by atoms with Crippen LogP contribution in [0.2, 0.25) is 0 Å². The first-order valence-electron chi connectivity index (χ1n) is 6.59. The molecule has 0 amide bonds. The van der Waals surface area contributed by atoms with Gasteiger partial charge in [0, 0.05) is 24.8 Å². The van der Waals surface area contributed by atoms with Gasteiger partial charge in [0.25, 0.3) is 0 Å². The van der Waals surface area contributed by atoms with Gasteiger partial charge in [0.05, 0.1) is 11.2 Å². The molecule has 0 atom stereocenters. The van der Waals surface area contributed by atoms with Crippen molar-refractivity contribution in [2.24, 2.45) is 0 Å². The fraction of sp³-hybridized carbons (Fsp3) is 0.333. The van der Waals surface area contributed by atoms with Crippen LogP contribution in [-0.4, -0.2) is 19.8 Å². The molecule has 0 radical (unpaired) electrons. The Morgan fingerprint density at radius 2 is 1.90 bits per heavy atom. The molecule has 1 heterocycles. The van der Waals surface area contributed by atoms with E-state index in [1.165, 1.54) is 10.4 Å². The first-order chi connectivity index (χ1) is 9.73. The highest BCUT2D eigenvalue weighted by Crippen LogP contribution is 2.26. The van der Waals surface area contributed by atoms with Gasteiger partial charge in [0.2, 0.25) is 10.0 Å². The fourth-order valence-corrected chi connectivity index (χ4v) is 3.67. The lowest BCUT2D eigenvalue weighted by molar-refractivity contribution is 0.458. The molecule has 114 valence electrons. The molecule has 0 saturated heterocycles. The van der Waals surface area contributed by atoms with E-state index in [0.29, 0.717) is 5.69 Å². The maximum Gasteiger partial charge on any atom is 0.243 e. The van der Waals surface area contributed by atoms with Crippen LogP contribution in [0.1, 0.15) is 22.5 Å². The van der Waals surface area contributed by atoms with Gasteiger partial charge in [-0.15, -0.1) is 0 Å². The molecule has 0 bridgehead atoms. The highest BCUT2D eigenvalue weighted by Gasteiger charge is 2.24. The van der Waals surface area contributed by atoms with Crippen molar-refractivity contribution in [1.29, 1.82) is 0 Å². The van der Waals surface area contributed by atoms with E-state index in [1.807, 2.05) is 13.8 Å². The van der Waals surface area contributed by atoms with Gasteiger partial charge < -0.3 is 10.2 Å². The molecule has 0 unspecified atom stereocenters. The van der Waals surface area contributed by atoms with Crippen molar-refractivity contribution in [3.8, 4) is 0 Å². The van der Waals surface area contributed by atoms with Crippen LogP contribution in [0.15, 0.2) is 33.8 Å². The van der Waals surface area contributed by atoms with Crippen LogP contribution in [0.5, 0.6) is 0 Å². The molecule has 0 saturated carbocycles. The van der Waals surface area contributed by atoms with Gasteiger partial charge in [0.1, 0.15) is 5.76 Å². The summed E-state index contributed by atoms with van der Waals surface area (Å²) in [5.41, 5.74) is 8.67. The zero-order valence-electron chi connectivity index (χ0n) is 12.7. The fourth-order valence-electron chi connectivity index (χ4n) is 2.19. The van der Waals surface area contributed by atoms with Crippen molar-refractivity contribution in [2.75, 3.05) is 12.8 Å². The van der Waals surface area contributed by atoms with Gasteiger partial charge in [-0.2, -0.15) is 4.31 Å². The highest BCUT2D eigenvalue weighted by atomic mass is 32.2. The van der Waals surface area contributed by atoms with E-state index in [0.717, 1.165) is 22.5 Å². The van der Waals surface area contributed by atoms with Crippen molar-refractivity contribution >= 4 is 15.7 Å². The normalized spacial score (nSPS) is 12.0. The van der Waals surface area contributed by atoms with Gasteiger partial charge in [-0.25, -0.2) is 8.42 Å². The van der Waals surface area contributed by atoms with Gasteiger partial charge in [-0.3, -0.25) is 0 Å². The van der Waals surface area contributed by atoms with Crippen molar-refractivity contribution in [1.82, 2.24) is 4.31 Å². The molecule has 6 heteroatoms. The second-order valence-corrected chi connectivity index (χ2v) is 7.24. The van der Waals surface area contributed by atoms with Crippen molar-refractivity contribution < 1.29 is 12.8 Å². The molecule has 2 rings (SSSR count). The summed E-state index contributed by atoms with van der Waals surface area (Å²) >= 11 is 0. The van der Waals surface area contributed by atoms with Gasteiger partial charge in [0.15, 0.2) is 0 Å².